The van der Waals surface area contributed by atoms with E-state index in [0.29, 0.717) is 18.7 Å². The summed E-state index contributed by atoms with van der Waals surface area (Å²) in [6, 6.07) is 0.812. The smallest absolute Gasteiger partial charge is 0.368 e. The zero-order chi connectivity index (χ0) is 17.6. The summed E-state index contributed by atoms with van der Waals surface area (Å²) < 4.78 is 37.5. The molecule has 1 aromatic heterocycles. The lowest BCUT2D eigenvalue weighted by molar-refractivity contribution is -0.137. The zero-order valence-electron chi connectivity index (χ0n) is 13.9. The summed E-state index contributed by atoms with van der Waals surface area (Å²) in [5, 5.41) is 8.75. The number of halogens is 6. The highest BCUT2D eigenvalue weighted by molar-refractivity contribution is 6.32. The molecular formula is C15H22Cl3F3N4O. The van der Waals surface area contributed by atoms with Crippen LogP contribution >= 0.6 is 36.4 Å². The van der Waals surface area contributed by atoms with Crippen LogP contribution < -0.4 is 16.0 Å². The first-order chi connectivity index (χ1) is 11.4. The van der Waals surface area contributed by atoms with Crippen LogP contribution in [-0.2, 0) is 11.0 Å². The Morgan fingerprint density at radius 3 is 2.65 bits per heavy atom. The van der Waals surface area contributed by atoms with Gasteiger partial charge in [0.2, 0.25) is 5.91 Å². The maximum absolute atomic E-state index is 12.5. The minimum Gasteiger partial charge on any atom is -0.368 e. The Morgan fingerprint density at radius 1 is 1.35 bits per heavy atom. The van der Waals surface area contributed by atoms with Crippen LogP contribution in [0.3, 0.4) is 0 Å². The number of anilines is 1. The molecule has 2 heterocycles. The van der Waals surface area contributed by atoms with Crippen molar-refractivity contribution in [2.24, 2.45) is 5.92 Å². The number of carbonyl (C=O) groups is 1. The van der Waals surface area contributed by atoms with Crippen LogP contribution in [0.25, 0.3) is 0 Å². The molecule has 150 valence electrons. The Labute approximate surface area is 167 Å². The maximum Gasteiger partial charge on any atom is 0.417 e. The fraction of sp³-hybridized carbons (Fsp3) is 0.600. The number of nitrogens with zero attached hydrogens (tertiary/aromatic N) is 1. The maximum atomic E-state index is 12.5. The minimum absolute atomic E-state index is 0. The van der Waals surface area contributed by atoms with Crippen molar-refractivity contribution in [2.45, 2.75) is 25.4 Å². The van der Waals surface area contributed by atoms with Crippen molar-refractivity contribution in [3.63, 3.8) is 0 Å². The van der Waals surface area contributed by atoms with Crippen LogP contribution in [0.2, 0.25) is 5.02 Å². The number of aromatic nitrogens is 1. The Balaban J connectivity index is 0.00000312. The molecule has 1 unspecified atom stereocenters. The third-order valence-corrected chi connectivity index (χ3v) is 4.14. The molecule has 1 fully saturated rings. The molecule has 0 aromatic carbocycles. The predicted molar refractivity (Wildman–Crippen MR) is 100 cm³/mol. The van der Waals surface area contributed by atoms with Gasteiger partial charge in [-0.2, -0.15) is 13.2 Å². The van der Waals surface area contributed by atoms with Gasteiger partial charge in [-0.15, -0.1) is 24.8 Å². The Kier molecular flexibility index (Phi) is 11.3. The van der Waals surface area contributed by atoms with Crippen LogP contribution in [-0.4, -0.2) is 37.1 Å². The van der Waals surface area contributed by atoms with Gasteiger partial charge >= 0.3 is 6.18 Å². The van der Waals surface area contributed by atoms with Crippen LogP contribution in [0.1, 0.15) is 24.8 Å². The average molecular weight is 438 g/mol. The second-order valence-electron chi connectivity index (χ2n) is 5.73. The van der Waals surface area contributed by atoms with E-state index >= 15 is 0 Å². The average Bonchev–Trinajstić information content (AvgIpc) is 3.01. The van der Waals surface area contributed by atoms with E-state index in [1.165, 1.54) is 0 Å². The quantitative estimate of drug-likeness (QED) is 0.611. The first-order valence-electron chi connectivity index (χ1n) is 7.80. The minimum atomic E-state index is -4.48. The molecule has 5 nitrogen and oxygen atoms in total. The molecule has 0 spiro atoms. The molecule has 2 rings (SSSR count). The molecule has 0 saturated carbocycles. The number of amides is 1. The monoisotopic (exact) mass is 436 g/mol. The van der Waals surface area contributed by atoms with Crippen molar-refractivity contribution >= 4 is 48.1 Å². The van der Waals surface area contributed by atoms with Crippen LogP contribution in [0, 0.1) is 5.92 Å². The highest BCUT2D eigenvalue weighted by Gasteiger charge is 2.31. The molecule has 1 aliphatic heterocycles. The van der Waals surface area contributed by atoms with Gasteiger partial charge in [0.25, 0.3) is 0 Å². The molecule has 0 aliphatic carbocycles. The van der Waals surface area contributed by atoms with Gasteiger partial charge in [-0.1, -0.05) is 11.6 Å². The number of nitrogens with one attached hydrogen (secondary N) is 3. The normalized spacial score (nSPS) is 16.4. The largest absolute Gasteiger partial charge is 0.417 e. The standard InChI is InChI=1S/C15H20ClF3N4O.2ClH/c16-12-7-11(15(17,18)19)9-23-14(12)22-6-3-13(24)21-5-2-10-1-4-20-8-10;;/h7,9-10,20H,1-6,8H2,(H,21,24)(H,22,23);2*1H. The number of rotatable bonds is 7. The summed E-state index contributed by atoms with van der Waals surface area (Å²) in [6.07, 6.45) is -1.50. The molecule has 1 amide bonds. The van der Waals surface area contributed by atoms with Crippen LogP contribution in [0.5, 0.6) is 0 Å². The predicted octanol–water partition coefficient (Wildman–Crippen LogP) is 3.52. The molecule has 11 heteroatoms. The highest BCUT2D eigenvalue weighted by atomic mass is 35.5. The highest BCUT2D eigenvalue weighted by Crippen LogP contribution is 2.32. The lowest BCUT2D eigenvalue weighted by atomic mass is 10.1. The third-order valence-electron chi connectivity index (χ3n) is 3.85. The second-order valence-corrected chi connectivity index (χ2v) is 6.13. The van der Waals surface area contributed by atoms with Gasteiger partial charge in [-0.25, -0.2) is 4.98 Å². The number of alkyl halides is 3. The molecular weight excluding hydrogens is 416 g/mol. The van der Waals surface area contributed by atoms with E-state index in [-0.39, 0.29) is 54.5 Å². The van der Waals surface area contributed by atoms with Gasteiger partial charge in [0.15, 0.2) is 0 Å². The first kappa shape index (κ1) is 25.0. The van der Waals surface area contributed by atoms with Crippen molar-refractivity contribution in [3.05, 3.63) is 22.8 Å². The fourth-order valence-electron chi connectivity index (χ4n) is 2.48. The SMILES string of the molecule is Cl.Cl.O=C(CCNc1ncc(C(F)(F)F)cc1Cl)NCCC1CCNC1. The van der Waals surface area contributed by atoms with E-state index in [9.17, 15) is 18.0 Å². The van der Waals surface area contributed by atoms with Gasteiger partial charge in [-0.05, 0) is 37.9 Å². The zero-order valence-corrected chi connectivity index (χ0v) is 16.3. The Hall–Kier alpha value is -0.960. The molecule has 0 bridgehead atoms. The first-order valence-corrected chi connectivity index (χ1v) is 8.18. The van der Waals surface area contributed by atoms with Gasteiger partial charge in [0, 0.05) is 25.7 Å². The molecule has 0 radical (unpaired) electrons. The lowest BCUT2D eigenvalue weighted by Gasteiger charge is -2.11. The van der Waals surface area contributed by atoms with Crippen LogP contribution in [0.15, 0.2) is 12.3 Å². The molecule has 1 saturated heterocycles. The van der Waals surface area contributed by atoms with Crippen molar-refractivity contribution in [1.29, 1.82) is 0 Å². The lowest BCUT2D eigenvalue weighted by Crippen LogP contribution is -2.28. The number of hydrogen-bond donors (Lipinski definition) is 3. The van der Waals surface area contributed by atoms with Crippen molar-refractivity contribution < 1.29 is 18.0 Å². The molecule has 3 N–H and O–H groups in total. The van der Waals surface area contributed by atoms with Gasteiger partial charge < -0.3 is 16.0 Å². The molecule has 1 aromatic rings. The van der Waals surface area contributed by atoms with E-state index in [1.54, 1.807) is 0 Å². The molecule has 1 atom stereocenters. The summed E-state index contributed by atoms with van der Waals surface area (Å²) in [4.78, 5) is 15.4. The van der Waals surface area contributed by atoms with E-state index in [1.807, 2.05) is 0 Å². The fourth-order valence-corrected chi connectivity index (χ4v) is 2.72. The Morgan fingerprint density at radius 2 is 2.08 bits per heavy atom. The third kappa shape index (κ3) is 8.16. The Bertz CT molecular complexity index is 570. The van der Waals surface area contributed by atoms with Crippen LogP contribution in [0.4, 0.5) is 19.0 Å². The van der Waals surface area contributed by atoms with E-state index in [2.05, 4.69) is 20.9 Å². The van der Waals surface area contributed by atoms with E-state index in [4.69, 9.17) is 11.6 Å². The molecule has 1 aliphatic rings. The number of carbonyl (C=O) groups excluding carboxylic acids is 1. The van der Waals surface area contributed by atoms with Gasteiger partial charge in [0.05, 0.1) is 10.6 Å². The number of pyridine rings is 1. The van der Waals surface area contributed by atoms with E-state index < -0.39 is 11.7 Å². The summed E-state index contributed by atoms with van der Waals surface area (Å²) in [6.45, 7) is 2.90. The second kappa shape index (κ2) is 11.7. The van der Waals surface area contributed by atoms with E-state index in [0.717, 1.165) is 32.0 Å². The summed E-state index contributed by atoms with van der Waals surface area (Å²) in [5.41, 5.74) is -0.905. The summed E-state index contributed by atoms with van der Waals surface area (Å²) >= 11 is 5.78. The summed E-state index contributed by atoms with van der Waals surface area (Å²) in [7, 11) is 0. The summed E-state index contributed by atoms with van der Waals surface area (Å²) in [5.74, 6) is 0.629. The number of hydrogen-bond acceptors (Lipinski definition) is 4. The van der Waals surface area contributed by atoms with Crippen molar-refractivity contribution in [1.82, 2.24) is 15.6 Å². The topological polar surface area (TPSA) is 66.0 Å². The van der Waals surface area contributed by atoms with Gasteiger partial charge in [-0.3, -0.25) is 4.79 Å². The molecule has 26 heavy (non-hydrogen) atoms. The van der Waals surface area contributed by atoms with Gasteiger partial charge in [0.1, 0.15) is 5.82 Å². The van der Waals surface area contributed by atoms with Crippen molar-refractivity contribution in [3.8, 4) is 0 Å². The van der Waals surface area contributed by atoms with Crippen molar-refractivity contribution in [2.75, 3.05) is 31.5 Å².